The molecule has 26 heavy (non-hydrogen) atoms. The Labute approximate surface area is 150 Å². The molecule has 130 valence electrons. The second kappa shape index (κ2) is 6.52. The standard InChI is InChI=1S/C20H18N4O2/c1-26-17-5-3-2-4-13(17)16-11-22-19-14(16)6-7-18(23-19)24-20(25)15-10-12(15)8-9-21/h2-7,11-12,15H,8,10H2,1H3,(H2,22,23,24,25)/t12-,15-/m1/s1. The van der Waals surface area contributed by atoms with Crippen molar-refractivity contribution in [3.8, 4) is 22.9 Å². The summed E-state index contributed by atoms with van der Waals surface area (Å²) < 4.78 is 5.44. The zero-order valence-corrected chi connectivity index (χ0v) is 14.3. The number of nitrogens with one attached hydrogen (secondary N) is 2. The van der Waals surface area contributed by atoms with Crippen molar-refractivity contribution in [2.24, 2.45) is 11.8 Å². The number of H-pyrrole nitrogens is 1. The number of methoxy groups -OCH3 is 1. The zero-order valence-electron chi connectivity index (χ0n) is 14.3. The van der Waals surface area contributed by atoms with Gasteiger partial charge in [0.15, 0.2) is 0 Å². The Hall–Kier alpha value is -3.33. The lowest BCUT2D eigenvalue weighted by Gasteiger charge is -2.07. The summed E-state index contributed by atoms with van der Waals surface area (Å²) in [6.45, 7) is 0. The molecule has 1 aliphatic carbocycles. The first-order valence-electron chi connectivity index (χ1n) is 8.50. The minimum absolute atomic E-state index is 0.0615. The van der Waals surface area contributed by atoms with Crippen LogP contribution in [0.25, 0.3) is 22.2 Å². The molecule has 1 saturated carbocycles. The zero-order chi connectivity index (χ0) is 18.1. The molecule has 2 aromatic heterocycles. The van der Waals surface area contributed by atoms with Crippen LogP contribution in [-0.4, -0.2) is 23.0 Å². The molecule has 0 spiro atoms. The number of aromatic amines is 1. The molecule has 2 atom stereocenters. The molecule has 1 aliphatic rings. The predicted octanol–water partition coefficient (Wildman–Crippen LogP) is 3.73. The fraction of sp³-hybridized carbons (Fsp3) is 0.250. The molecule has 2 N–H and O–H groups in total. The lowest BCUT2D eigenvalue weighted by atomic mass is 10.0. The highest BCUT2D eigenvalue weighted by Gasteiger charge is 2.42. The van der Waals surface area contributed by atoms with Crippen LogP contribution in [0, 0.1) is 23.2 Å². The van der Waals surface area contributed by atoms with E-state index < -0.39 is 0 Å². The van der Waals surface area contributed by atoms with E-state index in [9.17, 15) is 4.79 Å². The maximum Gasteiger partial charge on any atom is 0.228 e. The Morgan fingerprint density at radius 3 is 3.00 bits per heavy atom. The number of rotatable bonds is 5. The van der Waals surface area contributed by atoms with Crippen molar-refractivity contribution in [1.82, 2.24) is 9.97 Å². The molecule has 2 heterocycles. The molecule has 0 bridgehead atoms. The number of aromatic nitrogens is 2. The number of carbonyl (C=O) groups excluding carboxylic acids is 1. The summed E-state index contributed by atoms with van der Waals surface area (Å²) >= 11 is 0. The number of anilines is 1. The lowest BCUT2D eigenvalue weighted by molar-refractivity contribution is -0.117. The number of pyridine rings is 1. The minimum atomic E-state index is -0.0695. The van der Waals surface area contributed by atoms with Gasteiger partial charge in [-0.3, -0.25) is 4.79 Å². The Bertz CT molecular complexity index is 1020. The van der Waals surface area contributed by atoms with Crippen LogP contribution in [0.1, 0.15) is 12.8 Å². The van der Waals surface area contributed by atoms with Gasteiger partial charge in [0.25, 0.3) is 0 Å². The summed E-state index contributed by atoms with van der Waals surface area (Å²) in [7, 11) is 1.65. The monoisotopic (exact) mass is 346 g/mol. The van der Waals surface area contributed by atoms with Gasteiger partial charge in [-0.05, 0) is 30.5 Å². The Kier molecular flexibility index (Phi) is 4.05. The lowest BCUT2D eigenvalue weighted by Crippen LogP contribution is -2.15. The highest BCUT2D eigenvalue weighted by molar-refractivity contribution is 5.98. The molecule has 0 radical (unpaired) electrons. The number of hydrogen-bond acceptors (Lipinski definition) is 4. The molecule has 1 amide bonds. The van der Waals surface area contributed by atoms with Gasteiger partial charge < -0.3 is 15.0 Å². The molecular formula is C20H18N4O2. The third-order valence-electron chi connectivity index (χ3n) is 4.80. The maximum absolute atomic E-state index is 12.2. The summed E-state index contributed by atoms with van der Waals surface area (Å²) in [6, 6.07) is 13.7. The molecule has 0 aliphatic heterocycles. The van der Waals surface area contributed by atoms with E-state index in [-0.39, 0.29) is 17.7 Å². The molecule has 1 fully saturated rings. The fourth-order valence-corrected chi connectivity index (χ4v) is 3.29. The van der Waals surface area contributed by atoms with Crippen molar-refractivity contribution >= 4 is 22.8 Å². The molecule has 0 unspecified atom stereocenters. The van der Waals surface area contributed by atoms with Crippen LogP contribution >= 0.6 is 0 Å². The average Bonchev–Trinajstić information content (AvgIpc) is 3.31. The van der Waals surface area contributed by atoms with E-state index in [0.717, 1.165) is 28.7 Å². The van der Waals surface area contributed by atoms with Gasteiger partial charge >= 0.3 is 0 Å². The smallest absolute Gasteiger partial charge is 0.228 e. The first kappa shape index (κ1) is 16.2. The highest BCUT2D eigenvalue weighted by Crippen LogP contribution is 2.41. The third kappa shape index (κ3) is 2.88. The van der Waals surface area contributed by atoms with E-state index in [1.54, 1.807) is 13.2 Å². The van der Waals surface area contributed by atoms with Crippen LogP contribution < -0.4 is 10.1 Å². The van der Waals surface area contributed by atoms with Crippen molar-refractivity contribution < 1.29 is 9.53 Å². The molecule has 3 aromatic rings. The van der Waals surface area contributed by atoms with Gasteiger partial charge in [0.1, 0.15) is 17.2 Å². The van der Waals surface area contributed by atoms with Gasteiger partial charge in [-0.1, -0.05) is 18.2 Å². The number of para-hydroxylation sites is 1. The van der Waals surface area contributed by atoms with Gasteiger partial charge in [-0.25, -0.2) is 4.98 Å². The average molecular weight is 346 g/mol. The topological polar surface area (TPSA) is 90.8 Å². The number of nitrogens with zero attached hydrogens (tertiary/aromatic N) is 2. The predicted molar refractivity (Wildman–Crippen MR) is 98.5 cm³/mol. The second-order valence-electron chi connectivity index (χ2n) is 6.45. The first-order valence-corrected chi connectivity index (χ1v) is 8.50. The van der Waals surface area contributed by atoms with Gasteiger partial charge in [0, 0.05) is 35.0 Å². The van der Waals surface area contributed by atoms with Crippen molar-refractivity contribution in [2.45, 2.75) is 12.8 Å². The molecule has 6 heteroatoms. The van der Waals surface area contributed by atoms with Crippen molar-refractivity contribution in [1.29, 1.82) is 5.26 Å². The molecule has 6 nitrogen and oxygen atoms in total. The highest BCUT2D eigenvalue weighted by atomic mass is 16.5. The summed E-state index contributed by atoms with van der Waals surface area (Å²) in [5.41, 5.74) is 2.68. The number of ether oxygens (including phenoxy) is 1. The summed E-state index contributed by atoms with van der Waals surface area (Å²) in [5.74, 6) is 1.36. The molecular weight excluding hydrogens is 328 g/mol. The maximum atomic E-state index is 12.2. The van der Waals surface area contributed by atoms with Crippen LogP contribution in [0.4, 0.5) is 5.82 Å². The molecule has 0 saturated heterocycles. The van der Waals surface area contributed by atoms with Crippen LogP contribution in [0.2, 0.25) is 0 Å². The van der Waals surface area contributed by atoms with Crippen molar-refractivity contribution in [3.63, 3.8) is 0 Å². The number of fused-ring (bicyclic) bond motifs is 1. The first-order chi connectivity index (χ1) is 12.7. The van der Waals surface area contributed by atoms with Crippen LogP contribution in [0.5, 0.6) is 5.75 Å². The number of amides is 1. The van der Waals surface area contributed by atoms with E-state index in [1.807, 2.05) is 36.5 Å². The quantitative estimate of drug-likeness (QED) is 0.736. The summed E-state index contributed by atoms with van der Waals surface area (Å²) in [5, 5.41) is 12.5. The Morgan fingerprint density at radius 1 is 1.35 bits per heavy atom. The minimum Gasteiger partial charge on any atom is -0.496 e. The van der Waals surface area contributed by atoms with E-state index in [4.69, 9.17) is 10.00 Å². The van der Waals surface area contributed by atoms with Crippen LogP contribution in [0.15, 0.2) is 42.6 Å². The van der Waals surface area contributed by atoms with Crippen molar-refractivity contribution in [3.05, 3.63) is 42.6 Å². The van der Waals surface area contributed by atoms with E-state index in [0.29, 0.717) is 17.9 Å². The molecule has 1 aromatic carbocycles. The Balaban J connectivity index is 1.58. The van der Waals surface area contributed by atoms with Gasteiger partial charge in [-0.2, -0.15) is 5.26 Å². The number of carbonyl (C=O) groups is 1. The van der Waals surface area contributed by atoms with E-state index >= 15 is 0 Å². The van der Waals surface area contributed by atoms with E-state index in [2.05, 4.69) is 21.4 Å². The third-order valence-corrected chi connectivity index (χ3v) is 4.80. The van der Waals surface area contributed by atoms with E-state index in [1.165, 1.54) is 0 Å². The largest absolute Gasteiger partial charge is 0.496 e. The van der Waals surface area contributed by atoms with Gasteiger partial charge in [0.2, 0.25) is 5.91 Å². The van der Waals surface area contributed by atoms with Crippen LogP contribution in [0.3, 0.4) is 0 Å². The van der Waals surface area contributed by atoms with Gasteiger partial charge in [0.05, 0.1) is 13.2 Å². The fourth-order valence-electron chi connectivity index (χ4n) is 3.29. The Morgan fingerprint density at radius 2 is 2.19 bits per heavy atom. The van der Waals surface area contributed by atoms with Crippen molar-refractivity contribution in [2.75, 3.05) is 12.4 Å². The number of benzene rings is 1. The summed E-state index contributed by atoms with van der Waals surface area (Å²) in [6.07, 6.45) is 3.11. The summed E-state index contributed by atoms with van der Waals surface area (Å²) in [4.78, 5) is 19.9. The van der Waals surface area contributed by atoms with Gasteiger partial charge in [-0.15, -0.1) is 0 Å². The SMILES string of the molecule is COc1ccccc1-c1c[nH]c2nc(NC(=O)[C@@H]3C[C@H]3CC#N)ccc12. The molecule has 4 rings (SSSR count). The normalized spacial score (nSPS) is 18.3. The second-order valence-corrected chi connectivity index (χ2v) is 6.45. The number of nitriles is 1. The number of hydrogen-bond donors (Lipinski definition) is 2. The van der Waals surface area contributed by atoms with Crippen LogP contribution in [-0.2, 0) is 4.79 Å².